The SMILES string of the molecule is Cc1cccc(-c2nc3scc(-c4ccco4)c3c(=O)n2C2CCN(C)CC2)c1. The summed E-state index contributed by atoms with van der Waals surface area (Å²) in [6.45, 7) is 4.04. The normalized spacial score (nSPS) is 15.9. The third kappa shape index (κ3) is 3.22. The topological polar surface area (TPSA) is 51.3 Å². The zero-order valence-electron chi connectivity index (χ0n) is 16.6. The first-order chi connectivity index (χ1) is 14.1. The Bertz CT molecular complexity index is 1210. The van der Waals surface area contributed by atoms with Crippen LogP contribution >= 0.6 is 11.3 Å². The van der Waals surface area contributed by atoms with E-state index in [1.165, 1.54) is 11.3 Å². The van der Waals surface area contributed by atoms with E-state index in [4.69, 9.17) is 9.40 Å². The van der Waals surface area contributed by atoms with E-state index < -0.39 is 0 Å². The van der Waals surface area contributed by atoms with Crippen LogP contribution in [0.25, 0.3) is 32.9 Å². The summed E-state index contributed by atoms with van der Waals surface area (Å²) in [5.41, 5.74) is 3.03. The molecule has 1 fully saturated rings. The Morgan fingerprint density at radius 3 is 2.72 bits per heavy atom. The van der Waals surface area contributed by atoms with Crippen molar-refractivity contribution in [1.29, 1.82) is 0 Å². The summed E-state index contributed by atoms with van der Waals surface area (Å²) in [4.78, 5) is 21.9. The van der Waals surface area contributed by atoms with Gasteiger partial charge in [0.2, 0.25) is 0 Å². The lowest BCUT2D eigenvalue weighted by molar-refractivity contribution is 0.219. The van der Waals surface area contributed by atoms with Crippen LogP contribution in [0.2, 0.25) is 0 Å². The summed E-state index contributed by atoms with van der Waals surface area (Å²) < 4.78 is 7.54. The highest BCUT2D eigenvalue weighted by Crippen LogP contribution is 2.34. The number of piperidine rings is 1. The molecule has 1 saturated heterocycles. The standard InChI is InChI=1S/C23H23N3O2S/c1-15-5-3-6-16(13-15)21-24-22-20(18(14-29-22)19-7-4-12-28-19)23(27)26(21)17-8-10-25(2)11-9-17/h3-7,12-14,17H,8-11H2,1-2H3. The lowest BCUT2D eigenvalue weighted by atomic mass is 10.0. The maximum atomic E-state index is 13.8. The van der Waals surface area contributed by atoms with Crippen LogP contribution < -0.4 is 5.56 Å². The van der Waals surface area contributed by atoms with E-state index in [1.54, 1.807) is 6.26 Å². The average molecular weight is 406 g/mol. The van der Waals surface area contributed by atoms with E-state index in [-0.39, 0.29) is 11.6 Å². The first-order valence-corrected chi connectivity index (χ1v) is 10.8. The number of fused-ring (bicyclic) bond motifs is 1. The van der Waals surface area contributed by atoms with Gasteiger partial charge in [-0.2, -0.15) is 0 Å². The zero-order valence-corrected chi connectivity index (χ0v) is 17.4. The van der Waals surface area contributed by atoms with Gasteiger partial charge in [-0.3, -0.25) is 9.36 Å². The number of thiophene rings is 1. The Morgan fingerprint density at radius 2 is 2.00 bits per heavy atom. The summed E-state index contributed by atoms with van der Waals surface area (Å²) in [5.74, 6) is 1.49. The number of hydrogen-bond donors (Lipinski definition) is 0. The smallest absolute Gasteiger partial charge is 0.263 e. The first-order valence-electron chi connectivity index (χ1n) is 9.95. The summed E-state index contributed by atoms with van der Waals surface area (Å²) in [7, 11) is 2.13. The van der Waals surface area contributed by atoms with Crippen LogP contribution in [0.5, 0.6) is 0 Å². The zero-order chi connectivity index (χ0) is 20.0. The molecule has 1 aliphatic heterocycles. The predicted molar refractivity (Wildman–Crippen MR) is 118 cm³/mol. The van der Waals surface area contributed by atoms with E-state index in [0.29, 0.717) is 11.1 Å². The number of aromatic nitrogens is 2. The molecule has 0 aliphatic carbocycles. The van der Waals surface area contributed by atoms with Crippen molar-refractivity contribution in [2.75, 3.05) is 20.1 Å². The van der Waals surface area contributed by atoms with Crippen molar-refractivity contribution >= 4 is 21.6 Å². The second-order valence-corrected chi connectivity index (χ2v) is 8.68. The summed E-state index contributed by atoms with van der Waals surface area (Å²) >= 11 is 1.50. The molecule has 1 aliphatic rings. The third-order valence-electron chi connectivity index (χ3n) is 5.76. The molecule has 0 N–H and O–H groups in total. The van der Waals surface area contributed by atoms with Gasteiger partial charge >= 0.3 is 0 Å². The van der Waals surface area contributed by atoms with Crippen molar-refractivity contribution in [2.24, 2.45) is 0 Å². The van der Waals surface area contributed by atoms with Gasteiger partial charge < -0.3 is 9.32 Å². The van der Waals surface area contributed by atoms with Crippen molar-refractivity contribution in [3.8, 4) is 22.7 Å². The van der Waals surface area contributed by atoms with Gasteiger partial charge in [0.05, 0.1) is 11.6 Å². The van der Waals surface area contributed by atoms with Gasteiger partial charge in [0.25, 0.3) is 5.56 Å². The van der Waals surface area contributed by atoms with Crippen LogP contribution in [0.1, 0.15) is 24.4 Å². The van der Waals surface area contributed by atoms with Gasteiger partial charge in [0.1, 0.15) is 16.4 Å². The van der Waals surface area contributed by atoms with E-state index in [2.05, 4.69) is 31.0 Å². The number of hydrogen-bond acceptors (Lipinski definition) is 5. The molecule has 0 unspecified atom stereocenters. The molecule has 148 valence electrons. The Balaban J connectivity index is 1.77. The molecule has 3 aromatic heterocycles. The van der Waals surface area contributed by atoms with Crippen LogP contribution in [0, 0.1) is 6.92 Å². The highest BCUT2D eigenvalue weighted by molar-refractivity contribution is 7.17. The van der Waals surface area contributed by atoms with Crippen LogP contribution in [-0.2, 0) is 0 Å². The van der Waals surface area contributed by atoms with Crippen LogP contribution in [0.15, 0.2) is 57.3 Å². The number of furan rings is 1. The molecule has 0 bridgehead atoms. The molecule has 4 heterocycles. The van der Waals surface area contributed by atoms with Crippen LogP contribution in [-0.4, -0.2) is 34.6 Å². The molecule has 29 heavy (non-hydrogen) atoms. The Morgan fingerprint density at radius 1 is 1.17 bits per heavy atom. The molecule has 1 aromatic carbocycles. The van der Waals surface area contributed by atoms with E-state index in [0.717, 1.165) is 53.3 Å². The second kappa shape index (κ2) is 7.28. The van der Waals surface area contributed by atoms with Gasteiger partial charge in [-0.15, -0.1) is 11.3 Å². The van der Waals surface area contributed by atoms with Crippen molar-refractivity contribution in [3.63, 3.8) is 0 Å². The molecule has 5 nitrogen and oxygen atoms in total. The summed E-state index contributed by atoms with van der Waals surface area (Å²) in [6.07, 6.45) is 3.54. The molecule has 5 rings (SSSR count). The van der Waals surface area contributed by atoms with Crippen molar-refractivity contribution < 1.29 is 4.42 Å². The van der Waals surface area contributed by atoms with Gasteiger partial charge in [0.15, 0.2) is 0 Å². The van der Waals surface area contributed by atoms with Crippen LogP contribution in [0.4, 0.5) is 0 Å². The van der Waals surface area contributed by atoms with Crippen molar-refractivity contribution in [2.45, 2.75) is 25.8 Å². The minimum atomic E-state index is 0.0358. The molecule has 0 atom stereocenters. The number of likely N-dealkylation sites (tertiary alicyclic amines) is 1. The Labute approximate surface area is 173 Å². The first kappa shape index (κ1) is 18.3. The molecular formula is C23H23N3O2S. The summed E-state index contributed by atoms with van der Waals surface area (Å²) in [5, 5.41) is 2.65. The van der Waals surface area contributed by atoms with E-state index >= 15 is 0 Å². The molecular weight excluding hydrogens is 382 g/mol. The van der Waals surface area contributed by atoms with Crippen molar-refractivity contribution in [3.05, 3.63) is 64.0 Å². The molecule has 0 saturated carbocycles. The largest absolute Gasteiger partial charge is 0.464 e. The minimum Gasteiger partial charge on any atom is -0.464 e. The lowest BCUT2D eigenvalue weighted by Gasteiger charge is -2.31. The molecule has 0 amide bonds. The second-order valence-electron chi connectivity index (χ2n) is 7.82. The fraction of sp³-hybridized carbons (Fsp3) is 0.304. The highest BCUT2D eigenvalue weighted by Gasteiger charge is 2.26. The number of benzene rings is 1. The van der Waals surface area contributed by atoms with Gasteiger partial charge in [-0.25, -0.2) is 4.98 Å². The Hall–Kier alpha value is -2.70. The fourth-order valence-corrected chi connectivity index (χ4v) is 5.11. The summed E-state index contributed by atoms with van der Waals surface area (Å²) in [6, 6.07) is 12.2. The molecule has 0 spiro atoms. The van der Waals surface area contributed by atoms with Crippen molar-refractivity contribution in [1.82, 2.24) is 14.5 Å². The third-order valence-corrected chi connectivity index (χ3v) is 6.63. The number of rotatable bonds is 3. The molecule has 6 heteroatoms. The average Bonchev–Trinajstić information content (AvgIpc) is 3.38. The van der Waals surface area contributed by atoms with Gasteiger partial charge in [-0.1, -0.05) is 23.8 Å². The lowest BCUT2D eigenvalue weighted by Crippen LogP contribution is -2.36. The monoisotopic (exact) mass is 405 g/mol. The van der Waals surface area contributed by atoms with E-state index in [1.807, 2.05) is 34.2 Å². The molecule has 0 radical (unpaired) electrons. The highest BCUT2D eigenvalue weighted by atomic mass is 32.1. The molecule has 4 aromatic rings. The van der Waals surface area contributed by atoms with Crippen LogP contribution in [0.3, 0.4) is 0 Å². The van der Waals surface area contributed by atoms with Gasteiger partial charge in [0, 0.05) is 22.5 Å². The maximum Gasteiger partial charge on any atom is 0.263 e. The quantitative estimate of drug-likeness (QED) is 0.483. The number of aryl methyl sites for hydroxylation is 1. The predicted octanol–water partition coefficient (Wildman–Crippen LogP) is 4.96. The van der Waals surface area contributed by atoms with E-state index in [9.17, 15) is 4.79 Å². The fourth-order valence-electron chi connectivity index (χ4n) is 4.20. The van der Waals surface area contributed by atoms with Gasteiger partial charge in [-0.05, 0) is 58.1 Å². The number of nitrogens with zero attached hydrogens (tertiary/aromatic N) is 3. The maximum absolute atomic E-state index is 13.8. The Kier molecular flexibility index (Phi) is 4.60. The minimum absolute atomic E-state index is 0.0358.